The molecule has 0 unspecified atom stereocenters. The second kappa shape index (κ2) is 10.2. The number of methoxy groups -OCH3 is 1. The van der Waals surface area contributed by atoms with Gasteiger partial charge in [-0.15, -0.1) is 11.8 Å². The topological polar surface area (TPSA) is 63.0 Å². The second-order valence-electron chi connectivity index (χ2n) is 6.22. The molecular formula is C23H22N2O2S2. The Morgan fingerprint density at radius 1 is 1.10 bits per heavy atom. The van der Waals surface area contributed by atoms with E-state index in [2.05, 4.69) is 6.07 Å². The van der Waals surface area contributed by atoms with Gasteiger partial charge in [-0.2, -0.15) is 5.26 Å². The quantitative estimate of drug-likeness (QED) is 0.469. The van der Waals surface area contributed by atoms with Crippen molar-refractivity contribution in [3.8, 4) is 34.2 Å². The lowest BCUT2D eigenvalue weighted by Gasteiger charge is -2.13. The van der Waals surface area contributed by atoms with E-state index in [9.17, 15) is 9.47 Å². The Hall–Kier alpha value is -2.62. The first-order valence-electron chi connectivity index (χ1n) is 9.29. The monoisotopic (exact) mass is 422 g/mol. The maximum atomic E-state index is 11.8. The van der Waals surface area contributed by atoms with Crippen molar-refractivity contribution in [2.24, 2.45) is 0 Å². The molecule has 29 heavy (non-hydrogen) atoms. The molecule has 0 saturated carbocycles. The molecule has 0 radical (unpaired) electrons. The van der Waals surface area contributed by atoms with Crippen molar-refractivity contribution in [3.63, 3.8) is 0 Å². The third kappa shape index (κ3) is 5.26. The molecule has 2 aromatic carbocycles. The number of thioether (sulfide) groups is 1. The van der Waals surface area contributed by atoms with Crippen molar-refractivity contribution in [1.82, 2.24) is 4.98 Å². The lowest BCUT2D eigenvalue weighted by atomic mass is 9.99. The number of ether oxygens (including phenoxy) is 1. The summed E-state index contributed by atoms with van der Waals surface area (Å²) in [5, 5.41) is 10.5. The molecule has 1 aromatic heterocycles. The minimum atomic E-state index is -0.841. The smallest absolute Gasteiger partial charge is 0.118 e. The molecule has 1 heterocycles. The number of hydrogen-bond acceptors (Lipinski definition) is 5. The molecule has 0 aliphatic rings. The van der Waals surface area contributed by atoms with Crippen LogP contribution in [-0.2, 0) is 10.8 Å². The molecule has 3 aromatic rings. The summed E-state index contributed by atoms with van der Waals surface area (Å²) < 4.78 is 17.0. The molecule has 0 spiro atoms. The van der Waals surface area contributed by atoms with Gasteiger partial charge in [0.25, 0.3) is 0 Å². The second-order valence-corrected chi connectivity index (χ2v) is 9.17. The summed E-state index contributed by atoms with van der Waals surface area (Å²) in [5.74, 6) is 2.66. The van der Waals surface area contributed by atoms with Crippen LogP contribution in [0.15, 0.2) is 65.7 Å². The van der Waals surface area contributed by atoms with Gasteiger partial charge in [-0.1, -0.05) is 37.3 Å². The highest BCUT2D eigenvalue weighted by molar-refractivity contribution is 8.00. The summed E-state index contributed by atoms with van der Waals surface area (Å²) in [7, 11) is 0.795. The molecule has 1 atom stereocenters. The summed E-state index contributed by atoms with van der Waals surface area (Å²) >= 11 is 1.49. The van der Waals surface area contributed by atoms with Gasteiger partial charge in [0, 0.05) is 39.2 Å². The highest BCUT2D eigenvalue weighted by Crippen LogP contribution is 2.34. The molecule has 6 heteroatoms. The van der Waals surface area contributed by atoms with Gasteiger partial charge in [-0.25, -0.2) is 4.98 Å². The molecule has 0 N–H and O–H groups in total. The van der Waals surface area contributed by atoms with Crippen LogP contribution in [0.4, 0.5) is 0 Å². The van der Waals surface area contributed by atoms with Crippen molar-refractivity contribution in [2.45, 2.75) is 11.9 Å². The molecule has 148 valence electrons. The van der Waals surface area contributed by atoms with Crippen LogP contribution in [0.5, 0.6) is 5.75 Å². The third-order valence-corrected chi connectivity index (χ3v) is 6.98. The first-order chi connectivity index (χ1) is 14.2. The molecular weight excluding hydrogens is 400 g/mol. The lowest BCUT2D eigenvalue weighted by molar-refractivity contribution is 0.415. The largest absolute Gasteiger partial charge is 0.497 e. The van der Waals surface area contributed by atoms with Gasteiger partial charge in [0.05, 0.1) is 18.4 Å². The van der Waals surface area contributed by atoms with E-state index < -0.39 is 10.8 Å². The van der Waals surface area contributed by atoms with Gasteiger partial charge in [0.1, 0.15) is 16.8 Å². The molecule has 3 rings (SSSR count). The van der Waals surface area contributed by atoms with E-state index >= 15 is 0 Å². The van der Waals surface area contributed by atoms with Gasteiger partial charge in [-0.05, 0) is 35.9 Å². The first-order valence-corrected chi connectivity index (χ1v) is 11.8. The van der Waals surface area contributed by atoms with Gasteiger partial charge in [0.15, 0.2) is 0 Å². The zero-order chi connectivity index (χ0) is 20.6. The van der Waals surface area contributed by atoms with Crippen LogP contribution in [0.25, 0.3) is 22.4 Å². The summed E-state index contributed by atoms with van der Waals surface area (Å²) in [4.78, 5) is 4.78. The number of aromatic nitrogens is 1. The number of nitrogens with zero attached hydrogens (tertiary/aromatic N) is 2. The molecule has 0 bridgehead atoms. The molecule has 0 fully saturated rings. The van der Waals surface area contributed by atoms with Crippen LogP contribution >= 0.6 is 11.8 Å². The average molecular weight is 423 g/mol. The Morgan fingerprint density at radius 3 is 2.45 bits per heavy atom. The van der Waals surface area contributed by atoms with Crippen LogP contribution in [-0.4, -0.2) is 33.6 Å². The standard InChI is InChI=1S/C23H22N2O2S2/c1-3-29(26)14-13-28-23-21(16-24)20(17-7-5-4-6-8-17)15-22(25-23)18-9-11-19(27-2)12-10-18/h4-12,15H,3,13-14H2,1-2H3/t29-/m0/s1. The van der Waals surface area contributed by atoms with Crippen molar-refractivity contribution in [2.75, 3.05) is 24.4 Å². The van der Waals surface area contributed by atoms with Crippen LogP contribution in [0.1, 0.15) is 12.5 Å². The molecule has 0 aliphatic carbocycles. The summed E-state index contributed by atoms with van der Waals surface area (Å²) in [6.45, 7) is 1.91. The zero-order valence-electron chi connectivity index (χ0n) is 16.4. The van der Waals surface area contributed by atoms with E-state index in [1.54, 1.807) is 7.11 Å². The van der Waals surface area contributed by atoms with Crippen LogP contribution < -0.4 is 4.74 Å². The SMILES string of the molecule is CC[S@](=O)CCSc1nc(-c2ccc(OC)cc2)cc(-c2ccccc2)c1C#N. The summed E-state index contributed by atoms with van der Waals surface area (Å²) in [6.07, 6.45) is 0. The normalized spacial score (nSPS) is 11.6. The maximum absolute atomic E-state index is 11.8. The molecule has 4 nitrogen and oxygen atoms in total. The minimum absolute atomic E-state index is 0.556. The fraction of sp³-hybridized carbons (Fsp3) is 0.217. The number of nitriles is 1. The predicted octanol–water partition coefficient (Wildman–Crippen LogP) is 5.16. The predicted molar refractivity (Wildman–Crippen MR) is 121 cm³/mol. The van der Waals surface area contributed by atoms with Gasteiger partial charge in [0.2, 0.25) is 0 Å². The van der Waals surface area contributed by atoms with Crippen molar-refractivity contribution < 1.29 is 8.95 Å². The fourth-order valence-electron chi connectivity index (χ4n) is 2.86. The van der Waals surface area contributed by atoms with Crippen LogP contribution in [0.3, 0.4) is 0 Å². The van der Waals surface area contributed by atoms with Crippen LogP contribution in [0, 0.1) is 11.3 Å². The number of pyridine rings is 1. The van der Waals surface area contributed by atoms with Crippen LogP contribution in [0.2, 0.25) is 0 Å². The molecule has 0 aliphatic heterocycles. The Labute approximate surface area is 178 Å². The molecule has 0 saturated heterocycles. The van der Waals surface area contributed by atoms with Crippen molar-refractivity contribution >= 4 is 22.6 Å². The Bertz CT molecular complexity index is 1030. The highest BCUT2D eigenvalue weighted by Gasteiger charge is 2.16. The van der Waals surface area contributed by atoms with E-state index in [1.807, 2.05) is 67.6 Å². The van der Waals surface area contributed by atoms with Gasteiger partial charge in [-0.3, -0.25) is 4.21 Å². The molecule has 0 amide bonds. The van der Waals surface area contributed by atoms with Gasteiger partial charge < -0.3 is 4.74 Å². The Kier molecular flexibility index (Phi) is 7.45. The number of hydrogen-bond donors (Lipinski definition) is 0. The maximum Gasteiger partial charge on any atom is 0.118 e. The highest BCUT2D eigenvalue weighted by atomic mass is 32.2. The zero-order valence-corrected chi connectivity index (χ0v) is 18.1. The van der Waals surface area contributed by atoms with Gasteiger partial charge >= 0.3 is 0 Å². The Morgan fingerprint density at radius 2 is 1.83 bits per heavy atom. The van der Waals surface area contributed by atoms with E-state index in [0.717, 1.165) is 28.1 Å². The van der Waals surface area contributed by atoms with E-state index in [0.29, 0.717) is 27.8 Å². The van der Waals surface area contributed by atoms with Crippen molar-refractivity contribution in [3.05, 3.63) is 66.2 Å². The van der Waals surface area contributed by atoms with E-state index in [-0.39, 0.29) is 0 Å². The van der Waals surface area contributed by atoms with E-state index in [4.69, 9.17) is 9.72 Å². The third-order valence-electron chi connectivity index (χ3n) is 4.44. The summed E-state index contributed by atoms with van der Waals surface area (Å²) in [6, 6.07) is 21.9. The number of rotatable bonds is 8. The average Bonchev–Trinajstić information content (AvgIpc) is 2.79. The Balaban J connectivity index is 2.07. The summed E-state index contributed by atoms with van der Waals surface area (Å²) in [5.41, 5.74) is 4.13. The van der Waals surface area contributed by atoms with E-state index in [1.165, 1.54) is 11.8 Å². The first kappa shape index (κ1) is 21.1. The number of benzene rings is 2. The van der Waals surface area contributed by atoms with Crippen molar-refractivity contribution in [1.29, 1.82) is 5.26 Å². The minimum Gasteiger partial charge on any atom is -0.497 e. The fourth-order valence-corrected chi connectivity index (χ4v) is 4.89. The lowest BCUT2D eigenvalue weighted by Crippen LogP contribution is -2.03.